The molecule has 0 heterocycles. The maximum Gasteiger partial charge on any atom is 0.295 e. The molecule has 7 nitrogen and oxygen atoms in total. The van der Waals surface area contributed by atoms with Crippen LogP contribution in [0.2, 0.25) is 0 Å². The first-order valence-electron chi connectivity index (χ1n) is 2.55. The number of nitrogens with zero attached hydrogens (tertiary/aromatic N) is 2. The lowest BCUT2D eigenvalue weighted by molar-refractivity contribution is -0.772. The van der Waals surface area contributed by atoms with Crippen LogP contribution in [0.3, 0.4) is 0 Å². The van der Waals surface area contributed by atoms with Crippen LogP contribution >= 0.6 is 11.6 Å². The Bertz CT molecular complexity index is 146. The van der Waals surface area contributed by atoms with Gasteiger partial charge in [-0.15, -0.1) is 21.7 Å². The summed E-state index contributed by atoms with van der Waals surface area (Å²) in [7, 11) is 0. The molecule has 0 amide bonds. The van der Waals surface area contributed by atoms with Crippen molar-refractivity contribution in [3.8, 4) is 0 Å². The average molecular weight is 185 g/mol. The second kappa shape index (κ2) is 4.67. The molecular weight excluding hydrogens is 179 g/mol. The topological polar surface area (TPSA) is 95.5 Å². The van der Waals surface area contributed by atoms with Gasteiger partial charge in [0.25, 0.3) is 5.09 Å². The Morgan fingerprint density at radius 2 is 2.00 bits per heavy atom. The Morgan fingerprint density at radius 3 is 2.27 bits per heavy atom. The van der Waals surface area contributed by atoms with Gasteiger partial charge >= 0.3 is 0 Å². The number of halogens is 1. The van der Waals surface area contributed by atoms with Gasteiger partial charge in [0.1, 0.15) is 0 Å². The lowest BCUT2D eigenvalue weighted by Crippen LogP contribution is -2.27. The van der Waals surface area contributed by atoms with Crippen molar-refractivity contribution in [2.75, 3.05) is 12.4 Å². The third-order valence-electron chi connectivity index (χ3n) is 0.760. The zero-order valence-electron chi connectivity index (χ0n) is 5.31. The fourth-order valence-electron chi connectivity index (χ4n) is 0.398. The lowest BCUT2D eigenvalue weighted by Gasteiger charge is -2.04. The fraction of sp³-hybridized carbons (Fsp3) is 1.00. The minimum atomic E-state index is -1.17. The molecule has 0 aliphatic heterocycles. The number of alkyl halides is 1. The van der Waals surface area contributed by atoms with Gasteiger partial charge in [0, 0.05) is 4.92 Å². The molecule has 0 rings (SSSR count). The molecule has 0 radical (unpaired) electrons. The normalized spacial score (nSPS) is 12.1. The van der Waals surface area contributed by atoms with Crippen molar-refractivity contribution >= 4 is 11.6 Å². The molecular formula is C3H5ClN2O5. The highest BCUT2D eigenvalue weighted by atomic mass is 35.5. The summed E-state index contributed by atoms with van der Waals surface area (Å²) in [6.45, 7) is -0.662. The third kappa shape index (κ3) is 5.34. The van der Waals surface area contributed by atoms with Crippen molar-refractivity contribution in [2.24, 2.45) is 0 Å². The van der Waals surface area contributed by atoms with Crippen LogP contribution in [0.4, 0.5) is 0 Å². The van der Waals surface area contributed by atoms with E-state index in [1.807, 2.05) is 0 Å². The largest absolute Gasteiger partial charge is 0.302 e. The van der Waals surface area contributed by atoms with Gasteiger partial charge in [0.2, 0.25) is 6.54 Å². The maximum absolute atomic E-state index is 9.79. The molecule has 0 N–H and O–H groups in total. The van der Waals surface area contributed by atoms with E-state index >= 15 is 0 Å². The van der Waals surface area contributed by atoms with Crippen molar-refractivity contribution < 1.29 is 14.8 Å². The summed E-state index contributed by atoms with van der Waals surface area (Å²) < 4.78 is 0. The Hall–Kier alpha value is -1.11. The Labute approximate surface area is 66.1 Å². The number of nitro groups is 1. The smallest absolute Gasteiger partial charge is 0.295 e. The van der Waals surface area contributed by atoms with Crippen LogP contribution in [0.5, 0.6) is 0 Å². The standard InChI is InChI=1S/C3H5ClN2O5/c4-1-3(2-5(7)8)11-6(9)10/h3H,1-2H2. The van der Waals surface area contributed by atoms with Crippen molar-refractivity contribution in [1.29, 1.82) is 0 Å². The third-order valence-corrected chi connectivity index (χ3v) is 1.10. The van der Waals surface area contributed by atoms with Gasteiger partial charge in [-0.05, 0) is 0 Å². The first-order chi connectivity index (χ1) is 5.06. The molecule has 0 bridgehead atoms. The SMILES string of the molecule is O=[N+]([O-])CC(CCl)O[N+](=O)[O-]. The van der Waals surface area contributed by atoms with Crippen LogP contribution < -0.4 is 0 Å². The Balaban J connectivity index is 3.76. The first-order valence-corrected chi connectivity index (χ1v) is 3.08. The van der Waals surface area contributed by atoms with Crippen LogP contribution in [0, 0.1) is 20.2 Å². The second-order valence-corrected chi connectivity index (χ2v) is 1.93. The monoisotopic (exact) mass is 184 g/mol. The van der Waals surface area contributed by atoms with Crippen LogP contribution in [0.15, 0.2) is 0 Å². The van der Waals surface area contributed by atoms with Gasteiger partial charge in [0.15, 0.2) is 6.10 Å². The summed E-state index contributed by atoms with van der Waals surface area (Å²) in [4.78, 5) is 22.6. The van der Waals surface area contributed by atoms with E-state index < -0.39 is 22.7 Å². The van der Waals surface area contributed by atoms with Gasteiger partial charge in [-0.2, -0.15) is 0 Å². The predicted molar refractivity (Wildman–Crippen MR) is 34.4 cm³/mol. The molecule has 0 saturated heterocycles. The molecule has 0 aromatic carbocycles. The second-order valence-electron chi connectivity index (χ2n) is 1.62. The van der Waals surface area contributed by atoms with E-state index in [0.717, 1.165) is 0 Å². The van der Waals surface area contributed by atoms with Crippen molar-refractivity contribution in [1.82, 2.24) is 0 Å². The van der Waals surface area contributed by atoms with Gasteiger partial charge < -0.3 is 4.84 Å². The molecule has 0 fully saturated rings. The minimum Gasteiger partial charge on any atom is -0.302 e. The number of hydrogen-bond donors (Lipinski definition) is 0. The predicted octanol–water partition coefficient (Wildman–Crippen LogP) is 0.0788. The van der Waals surface area contributed by atoms with Crippen molar-refractivity contribution in [3.05, 3.63) is 20.2 Å². The number of rotatable bonds is 5. The van der Waals surface area contributed by atoms with E-state index in [-0.39, 0.29) is 5.88 Å². The van der Waals surface area contributed by atoms with Gasteiger partial charge in [-0.3, -0.25) is 10.1 Å². The van der Waals surface area contributed by atoms with E-state index in [0.29, 0.717) is 0 Å². The summed E-state index contributed by atoms with van der Waals surface area (Å²) in [6, 6.07) is 0. The fourth-order valence-corrected chi connectivity index (χ4v) is 0.552. The molecule has 0 aliphatic carbocycles. The van der Waals surface area contributed by atoms with Gasteiger partial charge in [0.05, 0.1) is 5.88 Å². The molecule has 1 unspecified atom stereocenters. The van der Waals surface area contributed by atoms with E-state index in [9.17, 15) is 20.2 Å². The summed E-state index contributed by atoms with van der Waals surface area (Å²) in [5, 5.41) is 18.3. The van der Waals surface area contributed by atoms with E-state index in [1.54, 1.807) is 0 Å². The molecule has 11 heavy (non-hydrogen) atoms. The van der Waals surface area contributed by atoms with Crippen LogP contribution in [-0.4, -0.2) is 28.5 Å². The molecule has 64 valence electrons. The van der Waals surface area contributed by atoms with E-state index in [4.69, 9.17) is 11.6 Å². The summed E-state index contributed by atoms with van der Waals surface area (Å²) >= 11 is 5.12. The maximum atomic E-state index is 9.79. The molecule has 0 aromatic heterocycles. The zero-order chi connectivity index (χ0) is 8.85. The molecule has 0 saturated carbocycles. The quantitative estimate of drug-likeness (QED) is 0.342. The summed E-state index contributed by atoms with van der Waals surface area (Å²) in [5.74, 6) is -0.276. The van der Waals surface area contributed by atoms with E-state index in [2.05, 4.69) is 4.84 Å². The van der Waals surface area contributed by atoms with E-state index in [1.165, 1.54) is 0 Å². The first kappa shape index (κ1) is 9.89. The van der Waals surface area contributed by atoms with Crippen LogP contribution in [-0.2, 0) is 4.84 Å². The van der Waals surface area contributed by atoms with Crippen molar-refractivity contribution in [3.63, 3.8) is 0 Å². The average Bonchev–Trinajstić information content (AvgIpc) is 1.84. The molecule has 0 aromatic rings. The van der Waals surface area contributed by atoms with Gasteiger partial charge in [-0.25, -0.2) is 0 Å². The van der Waals surface area contributed by atoms with Crippen molar-refractivity contribution in [2.45, 2.75) is 6.10 Å². The Morgan fingerprint density at radius 1 is 1.45 bits per heavy atom. The highest BCUT2D eigenvalue weighted by Gasteiger charge is 2.17. The highest BCUT2D eigenvalue weighted by Crippen LogP contribution is 1.95. The molecule has 8 heteroatoms. The summed E-state index contributed by atoms with van der Waals surface area (Å²) in [6.07, 6.45) is -1.17. The summed E-state index contributed by atoms with van der Waals surface area (Å²) in [5.41, 5.74) is 0. The van der Waals surface area contributed by atoms with Gasteiger partial charge in [-0.1, -0.05) is 0 Å². The highest BCUT2D eigenvalue weighted by molar-refractivity contribution is 6.18. The minimum absolute atomic E-state index is 0.276. The lowest BCUT2D eigenvalue weighted by atomic mass is 10.4. The van der Waals surface area contributed by atoms with Crippen LogP contribution in [0.25, 0.3) is 0 Å². The van der Waals surface area contributed by atoms with Crippen LogP contribution in [0.1, 0.15) is 0 Å². The Kier molecular flexibility index (Phi) is 4.20. The molecule has 0 spiro atoms. The number of hydrogen-bond acceptors (Lipinski definition) is 5. The molecule has 1 atom stereocenters. The zero-order valence-corrected chi connectivity index (χ0v) is 6.06. The molecule has 0 aliphatic rings.